The smallest absolute Gasteiger partial charge is 0.283 e. The van der Waals surface area contributed by atoms with Crippen molar-refractivity contribution in [3.63, 3.8) is 0 Å². The second-order valence-corrected chi connectivity index (χ2v) is 8.36. The lowest BCUT2D eigenvalue weighted by molar-refractivity contribution is -0.114. The molecule has 2 aliphatic heterocycles. The highest BCUT2D eigenvalue weighted by Gasteiger charge is 2.35. The molecule has 0 radical (unpaired) electrons. The number of rotatable bonds is 3. The fourth-order valence-corrected chi connectivity index (χ4v) is 4.42. The van der Waals surface area contributed by atoms with Gasteiger partial charge in [-0.15, -0.1) is 0 Å². The Hall–Kier alpha value is -2.93. The number of carbonyl (C=O) groups excluding carboxylic acids is 1. The van der Waals surface area contributed by atoms with E-state index in [2.05, 4.69) is 53.6 Å². The van der Waals surface area contributed by atoms with E-state index >= 15 is 0 Å². The average Bonchev–Trinajstić information content (AvgIpc) is 3.21. The van der Waals surface area contributed by atoms with Crippen LogP contribution < -0.4 is 0 Å². The van der Waals surface area contributed by atoms with Crippen LogP contribution in [0.4, 0.5) is 0 Å². The number of hydrogen-bond donors (Lipinski definition) is 1. The van der Waals surface area contributed by atoms with E-state index in [4.69, 9.17) is 5.41 Å². The Balaban J connectivity index is 1.78. The zero-order valence-corrected chi connectivity index (χ0v) is 18.0. The summed E-state index contributed by atoms with van der Waals surface area (Å²) in [4.78, 5) is 16.8. The molecule has 1 aromatic carbocycles. The number of amides is 1. The van der Waals surface area contributed by atoms with Crippen molar-refractivity contribution in [2.45, 2.75) is 41.0 Å². The quantitative estimate of drug-likeness (QED) is 0.750. The molecule has 2 aromatic rings. The van der Waals surface area contributed by atoms with Gasteiger partial charge in [0, 0.05) is 17.1 Å². The van der Waals surface area contributed by atoms with Crippen LogP contribution in [0.1, 0.15) is 41.4 Å². The third-order valence-corrected chi connectivity index (χ3v) is 6.23. The van der Waals surface area contributed by atoms with Crippen molar-refractivity contribution in [2.75, 3.05) is 0 Å². The molecular formula is C22H23N5OS. The van der Waals surface area contributed by atoms with Crippen molar-refractivity contribution in [1.29, 1.82) is 5.41 Å². The first kappa shape index (κ1) is 19.4. The van der Waals surface area contributed by atoms with Gasteiger partial charge in [-0.2, -0.15) is 15.1 Å². The van der Waals surface area contributed by atoms with Crippen molar-refractivity contribution < 1.29 is 4.79 Å². The van der Waals surface area contributed by atoms with Crippen LogP contribution in [0, 0.1) is 33.1 Å². The van der Waals surface area contributed by atoms with Crippen LogP contribution in [0.3, 0.4) is 0 Å². The lowest BCUT2D eigenvalue weighted by Crippen LogP contribution is -2.35. The maximum absolute atomic E-state index is 12.6. The molecule has 1 amide bonds. The Morgan fingerprint density at radius 1 is 1.17 bits per heavy atom. The summed E-state index contributed by atoms with van der Waals surface area (Å²) in [6.45, 7) is 10.3. The first-order valence-electron chi connectivity index (χ1n) is 9.55. The van der Waals surface area contributed by atoms with Gasteiger partial charge in [0.05, 0.1) is 5.57 Å². The fraction of sp³-hybridized carbons (Fsp3) is 0.273. The second-order valence-electron chi connectivity index (χ2n) is 7.32. The summed E-state index contributed by atoms with van der Waals surface area (Å²) in [5, 5.41) is 15.7. The van der Waals surface area contributed by atoms with Crippen LogP contribution >= 0.6 is 11.8 Å². The first-order chi connectivity index (χ1) is 13.8. The number of benzene rings is 1. The minimum Gasteiger partial charge on any atom is -0.318 e. The predicted molar refractivity (Wildman–Crippen MR) is 120 cm³/mol. The number of aromatic nitrogens is 1. The van der Waals surface area contributed by atoms with E-state index in [-0.39, 0.29) is 11.4 Å². The Bertz CT molecular complexity index is 1150. The van der Waals surface area contributed by atoms with Gasteiger partial charge in [0.1, 0.15) is 5.04 Å². The van der Waals surface area contributed by atoms with Crippen molar-refractivity contribution in [3.8, 4) is 5.69 Å². The molecule has 0 saturated carbocycles. The summed E-state index contributed by atoms with van der Waals surface area (Å²) in [7, 11) is 0. The largest absolute Gasteiger partial charge is 0.318 e. The van der Waals surface area contributed by atoms with E-state index in [0.29, 0.717) is 5.17 Å². The molecule has 0 saturated heterocycles. The molecule has 3 heterocycles. The molecule has 0 unspecified atom stereocenters. The Labute approximate surface area is 174 Å². The summed E-state index contributed by atoms with van der Waals surface area (Å²) in [6.07, 6.45) is 2.51. The van der Waals surface area contributed by atoms with Gasteiger partial charge in [-0.25, -0.2) is 0 Å². The molecule has 2 aliphatic rings. The molecule has 7 heteroatoms. The Morgan fingerprint density at radius 2 is 1.93 bits per heavy atom. The molecule has 0 spiro atoms. The number of fused-ring (bicyclic) bond motifs is 1. The highest BCUT2D eigenvalue weighted by atomic mass is 32.2. The highest BCUT2D eigenvalue weighted by Crippen LogP contribution is 2.31. The number of hydrogen-bond acceptors (Lipinski definition) is 4. The fourth-order valence-electron chi connectivity index (χ4n) is 3.59. The minimum atomic E-state index is -0.391. The molecule has 1 N–H and O–H groups in total. The second kappa shape index (κ2) is 7.15. The maximum atomic E-state index is 12.6. The minimum absolute atomic E-state index is 0.0764. The summed E-state index contributed by atoms with van der Waals surface area (Å²) >= 11 is 1.35. The SMILES string of the molecule is CCC1=NN2C(=N)/C(=C\c3cc(C)n(-c4cc(C)ccc4C)c3C)C(=O)N=C2S1. The van der Waals surface area contributed by atoms with E-state index in [1.807, 2.05) is 19.9 Å². The summed E-state index contributed by atoms with van der Waals surface area (Å²) in [5.74, 6) is -0.315. The maximum Gasteiger partial charge on any atom is 0.283 e. The number of nitrogens with one attached hydrogen (secondary N) is 1. The van der Waals surface area contributed by atoms with Gasteiger partial charge in [0.15, 0.2) is 5.84 Å². The number of nitrogens with zero attached hydrogens (tertiary/aromatic N) is 4. The van der Waals surface area contributed by atoms with Crippen LogP contribution in [0.25, 0.3) is 11.8 Å². The molecule has 29 heavy (non-hydrogen) atoms. The van der Waals surface area contributed by atoms with Crippen molar-refractivity contribution in [3.05, 3.63) is 57.9 Å². The standard InChI is InChI=1S/C22H23N5OS/c1-6-19-25-27-20(23)17(21(28)24-22(27)29-19)11-16-10-14(4)26(15(16)5)18-9-12(2)7-8-13(18)3/h7-11,23H,6H2,1-5H3/b17-11+,23-20?. The number of amidine groups is 2. The van der Waals surface area contributed by atoms with Crippen LogP contribution in [0.2, 0.25) is 0 Å². The molecule has 4 rings (SSSR count). The number of hydrazone groups is 1. The van der Waals surface area contributed by atoms with Crippen LogP contribution in [-0.2, 0) is 4.79 Å². The van der Waals surface area contributed by atoms with Crippen LogP contribution in [0.15, 0.2) is 39.9 Å². The van der Waals surface area contributed by atoms with Gasteiger partial charge in [0.25, 0.3) is 5.91 Å². The topological polar surface area (TPSA) is 73.8 Å². The lowest BCUT2D eigenvalue weighted by Gasteiger charge is -2.20. The van der Waals surface area contributed by atoms with E-state index in [1.54, 1.807) is 6.08 Å². The van der Waals surface area contributed by atoms with Crippen molar-refractivity contribution in [1.82, 2.24) is 9.58 Å². The van der Waals surface area contributed by atoms with Crippen molar-refractivity contribution in [2.24, 2.45) is 10.1 Å². The van der Waals surface area contributed by atoms with Crippen molar-refractivity contribution >= 4 is 39.8 Å². The van der Waals surface area contributed by atoms with E-state index in [1.165, 1.54) is 27.9 Å². The molecule has 0 fully saturated rings. The molecule has 0 bridgehead atoms. The average molecular weight is 406 g/mol. The Morgan fingerprint density at radius 3 is 2.66 bits per heavy atom. The van der Waals surface area contributed by atoms with E-state index in [0.717, 1.165) is 34.1 Å². The zero-order valence-electron chi connectivity index (χ0n) is 17.2. The third kappa shape index (κ3) is 3.25. The summed E-state index contributed by atoms with van der Waals surface area (Å²) in [6, 6.07) is 8.43. The van der Waals surface area contributed by atoms with Gasteiger partial charge in [-0.05, 0) is 80.8 Å². The van der Waals surface area contributed by atoms with E-state index in [9.17, 15) is 4.79 Å². The molecular weight excluding hydrogens is 382 g/mol. The molecule has 6 nitrogen and oxygen atoms in total. The van der Waals surface area contributed by atoms with E-state index < -0.39 is 5.91 Å². The third-order valence-electron chi connectivity index (χ3n) is 5.17. The van der Waals surface area contributed by atoms with Gasteiger partial charge in [-0.3, -0.25) is 10.2 Å². The Kier molecular flexibility index (Phi) is 4.78. The normalized spacial score (nSPS) is 17.7. The zero-order chi connectivity index (χ0) is 20.9. The number of aliphatic imine (C=N–C) groups is 1. The highest BCUT2D eigenvalue weighted by molar-refractivity contribution is 8.26. The van der Waals surface area contributed by atoms with Gasteiger partial charge >= 0.3 is 0 Å². The first-order valence-corrected chi connectivity index (χ1v) is 10.4. The predicted octanol–water partition coefficient (Wildman–Crippen LogP) is 4.74. The molecule has 148 valence electrons. The summed E-state index contributed by atoms with van der Waals surface area (Å²) < 4.78 is 2.19. The van der Waals surface area contributed by atoms with Crippen LogP contribution in [-0.4, -0.2) is 31.5 Å². The lowest BCUT2D eigenvalue weighted by atomic mass is 10.1. The molecule has 0 atom stereocenters. The molecule has 1 aromatic heterocycles. The van der Waals surface area contributed by atoms with Gasteiger partial charge in [0.2, 0.25) is 5.17 Å². The summed E-state index contributed by atoms with van der Waals surface area (Å²) in [5.41, 5.74) is 6.77. The van der Waals surface area contributed by atoms with Crippen LogP contribution in [0.5, 0.6) is 0 Å². The van der Waals surface area contributed by atoms with Gasteiger partial charge < -0.3 is 4.57 Å². The number of thioether (sulfide) groups is 1. The van der Waals surface area contributed by atoms with Gasteiger partial charge in [-0.1, -0.05) is 19.1 Å². The molecule has 0 aliphatic carbocycles. The number of carbonyl (C=O) groups is 1. The monoisotopic (exact) mass is 405 g/mol. The number of aryl methyl sites for hydroxylation is 3.